The van der Waals surface area contributed by atoms with Crippen LogP contribution in [0.2, 0.25) is 0 Å². The van der Waals surface area contributed by atoms with E-state index in [1.807, 2.05) is 4.90 Å². The summed E-state index contributed by atoms with van der Waals surface area (Å²) in [4.78, 5) is 19.5. The summed E-state index contributed by atoms with van der Waals surface area (Å²) in [5.74, 6) is 1.74. The molecule has 2 fully saturated rings. The second kappa shape index (κ2) is 8.10. The van der Waals surface area contributed by atoms with Gasteiger partial charge in [0, 0.05) is 26.2 Å². The van der Waals surface area contributed by atoms with Crippen molar-refractivity contribution in [3.63, 3.8) is 0 Å². The van der Waals surface area contributed by atoms with Crippen molar-refractivity contribution < 1.29 is 9.18 Å². The molecule has 1 aromatic rings. The van der Waals surface area contributed by atoms with Crippen molar-refractivity contribution in [3.8, 4) is 0 Å². The normalized spacial score (nSPS) is 24.3. The lowest BCUT2D eigenvalue weighted by atomic mass is 9.87. The second-order valence-electron chi connectivity index (χ2n) is 7.64. The van der Waals surface area contributed by atoms with Crippen LogP contribution in [0.3, 0.4) is 0 Å². The van der Waals surface area contributed by atoms with E-state index in [1.165, 1.54) is 0 Å². The maximum absolute atomic E-state index is 13.5. The summed E-state index contributed by atoms with van der Waals surface area (Å²) < 4.78 is 13.5. The molecule has 0 aromatic carbocycles. The summed E-state index contributed by atoms with van der Waals surface area (Å²) in [7, 11) is 1.75. The zero-order chi connectivity index (χ0) is 18.7. The average Bonchev–Trinajstić information content (AvgIpc) is 2.64. The minimum atomic E-state index is -0.773. The predicted molar refractivity (Wildman–Crippen MR) is 103 cm³/mol. The molecular weight excluding hydrogens is 333 g/mol. The number of nitrogens with zero attached hydrogens (tertiary/aromatic N) is 2. The van der Waals surface area contributed by atoms with E-state index in [1.54, 1.807) is 13.1 Å². The third kappa shape index (κ3) is 4.19. The topological polar surface area (TPSA) is 83.3 Å². The molecule has 144 valence electrons. The number of nitrogens with one attached hydrogen (secondary N) is 2. The molecule has 1 aliphatic heterocycles. The standard InChI is InChI=1S/C19H30FN5O/c1-12-3-5-14(6-4-12)23-19(26)15-11-16(21)17(22-2)24-18(15)25-9-7-13(20)8-10-25/h11-14H,3-10,21H2,1-2H3,(H,22,24)(H,23,26). The molecule has 2 aliphatic rings. The van der Waals surface area contributed by atoms with Crippen LogP contribution in [0, 0.1) is 5.92 Å². The van der Waals surface area contributed by atoms with Gasteiger partial charge >= 0.3 is 0 Å². The number of rotatable bonds is 4. The van der Waals surface area contributed by atoms with Crippen molar-refractivity contribution in [2.45, 2.75) is 57.7 Å². The Morgan fingerprint density at radius 1 is 1.23 bits per heavy atom. The summed E-state index contributed by atoms with van der Waals surface area (Å²) in [6.45, 7) is 3.37. The monoisotopic (exact) mass is 363 g/mol. The van der Waals surface area contributed by atoms with Gasteiger partial charge in [-0.1, -0.05) is 6.92 Å². The van der Waals surface area contributed by atoms with Gasteiger partial charge in [-0.15, -0.1) is 0 Å². The molecule has 7 heteroatoms. The first-order chi connectivity index (χ1) is 12.5. The number of aromatic nitrogens is 1. The number of nitrogens with two attached hydrogens (primary N) is 1. The molecule has 6 nitrogen and oxygen atoms in total. The van der Waals surface area contributed by atoms with Crippen LogP contribution in [0.25, 0.3) is 0 Å². The smallest absolute Gasteiger partial charge is 0.255 e. The van der Waals surface area contributed by atoms with Crippen LogP contribution in [-0.2, 0) is 0 Å². The molecule has 0 atom stereocenters. The quantitative estimate of drug-likeness (QED) is 0.766. The van der Waals surface area contributed by atoms with Gasteiger partial charge in [0.2, 0.25) is 0 Å². The molecule has 0 spiro atoms. The van der Waals surface area contributed by atoms with E-state index in [2.05, 4.69) is 22.5 Å². The Balaban J connectivity index is 1.82. The van der Waals surface area contributed by atoms with E-state index in [-0.39, 0.29) is 11.9 Å². The minimum absolute atomic E-state index is 0.135. The Labute approximate surface area is 154 Å². The van der Waals surface area contributed by atoms with Crippen molar-refractivity contribution >= 4 is 23.2 Å². The minimum Gasteiger partial charge on any atom is -0.396 e. The van der Waals surface area contributed by atoms with Crippen LogP contribution in [0.1, 0.15) is 55.8 Å². The van der Waals surface area contributed by atoms with Crippen molar-refractivity contribution in [1.82, 2.24) is 10.3 Å². The fourth-order valence-electron chi connectivity index (χ4n) is 3.85. The molecule has 3 rings (SSSR count). The van der Waals surface area contributed by atoms with E-state index < -0.39 is 6.17 Å². The summed E-state index contributed by atoms with van der Waals surface area (Å²) in [5.41, 5.74) is 6.99. The van der Waals surface area contributed by atoms with Gasteiger partial charge in [-0.05, 0) is 50.5 Å². The Bertz CT molecular complexity index is 637. The van der Waals surface area contributed by atoms with Gasteiger partial charge in [0.1, 0.15) is 12.0 Å². The van der Waals surface area contributed by atoms with Crippen molar-refractivity contribution in [1.29, 1.82) is 0 Å². The number of anilines is 3. The van der Waals surface area contributed by atoms with Crippen LogP contribution in [-0.4, -0.2) is 43.2 Å². The lowest BCUT2D eigenvalue weighted by Gasteiger charge is -2.32. The molecule has 2 heterocycles. The highest BCUT2D eigenvalue weighted by atomic mass is 19.1. The molecule has 4 N–H and O–H groups in total. The van der Waals surface area contributed by atoms with Crippen molar-refractivity contribution in [3.05, 3.63) is 11.6 Å². The van der Waals surface area contributed by atoms with E-state index in [9.17, 15) is 9.18 Å². The first kappa shape index (κ1) is 18.7. The third-order valence-electron chi connectivity index (χ3n) is 5.59. The van der Waals surface area contributed by atoms with Crippen molar-refractivity contribution in [2.75, 3.05) is 36.1 Å². The van der Waals surface area contributed by atoms with Crippen LogP contribution in [0.4, 0.5) is 21.7 Å². The van der Waals surface area contributed by atoms with E-state index >= 15 is 0 Å². The fourth-order valence-corrected chi connectivity index (χ4v) is 3.85. The van der Waals surface area contributed by atoms with Crippen LogP contribution >= 0.6 is 0 Å². The number of nitrogen functional groups attached to an aromatic ring is 1. The number of carbonyl (C=O) groups excluding carboxylic acids is 1. The number of halogens is 1. The number of pyridine rings is 1. The number of hydrogen-bond acceptors (Lipinski definition) is 5. The molecule has 1 saturated carbocycles. The molecule has 26 heavy (non-hydrogen) atoms. The Morgan fingerprint density at radius 2 is 1.88 bits per heavy atom. The molecule has 1 aliphatic carbocycles. The van der Waals surface area contributed by atoms with Crippen LogP contribution < -0.4 is 21.3 Å². The molecule has 0 unspecified atom stereocenters. The third-order valence-corrected chi connectivity index (χ3v) is 5.59. The van der Waals surface area contributed by atoms with Gasteiger partial charge in [-0.3, -0.25) is 4.79 Å². The van der Waals surface area contributed by atoms with Gasteiger partial charge in [0.15, 0.2) is 5.82 Å². The maximum Gasteiger partial charge on any atom is 0.255 e. The summed E-state index contributed by atoms with van der Waals surface area (Å²) in [6, 6.07) is 1.89. The summed E-state index contributed by atoms with van der Waals surface area (Å²) in [5, 5.41) is 6.12. The molecule has 0 radical (unpaired) electrons. The number of amides is 1. The highest BCUT2D eigenvalue weighted by Crippen LogP contribution is 2.30. The summed E-state index contributed by atoms with van der Waals surface area (Å²) >= 11 is 0. The first-order valence-corrected chi connectivity index (χ1v) is 9.66. The summed E-state index contributed by atoms with van der Waals surface area (Å²) in [6.07, 6.45) is 4.44. The molecule has 0 bridgehead atoms. The zero-order valence-corrected chi connectivity index (χ0v) is 15.7. The highest BCUT2D eigenvalue weighted by Gasteiger charge is 2.27. The lowest BCUT2D eigenvalue weighted by Crippen LogP contribution is -2.40. The molecule has 1 saturated heterocycles. The number of piperidine rings is 1. The molecular formula is C19H30FN5O. The van der Waals surface area contributed by atoms with Gasteiger partial charge in [-0.2, -0.15) is 0 Å². The number of carbonyl (C=O) groups is 1. The zero-order valence-electron chi connectivity index (χ0n) is 15.7. The average molecular weight is 363 g/mol. The molecule has 1 aromatic heterocycles. The van der Waals surface area contributed by atoms with Crippen LogP contribution in [0.5, 0.6) is 0 Å². The van der Waals surface area contributed by atoms with E-state index in [4.69, 9.17) is 5.73 Å². The van der Waals surface area contributed by atoms with Crippen LogP contribution in [0.15, 0.2) is 6.07 Å². The number of alkyl halides is 1. The van der Waals surface area contributed by atoms with E-state index in [0.717, 1.165) is 31.6 Å². The van der Waals surface area contributed by atoms with Gasteiger partial charge < -0.3 is 21.3 Å². The van der Waals surface area contributed by atoms with Gasteiger partial charge in [0.05, 0.1) is 11.3 Å². The largest absolute Gasteiger partial charge is 0.396 e. The van der Waals surface area contributed by atoms with Gasteiger partial charge in [-0.25, -0.2) is 9.37 Å². The van der Waals surface area contributed by atoms with Crippen molar-refractivity contribution in [2.24, 2.45) is 5.92 Å². The first-order valence-electron chi connectivity index (χ1n) is 9.66. The highest BCUT2D eigenvalue weighted by molar-refractivity contribution is 6.00. The second-order valence-corrected chi connectivity index (χ2v) is 7.64. The Kier molecular flexibility index (Phi) is 5.84. The molecule has 1 amide bonds. The van der Waals surface area contributed by atoms with E-state index in [0.29, 0.717) is 48.8 Å². The maximum atomic E-state index is 13.5. The number of hydrogen-bond donors (Lipinski definition) is 3. The predicted octanol–water partition coefficient (Wildman–Crippen LogP) is 2.95. The van der Waals surface area contributed by atoms with Gasteiger partial charge in [0.25, 0.3) is 5.91 Å². The fraction of sp³-hybridized carbons (Fsp3) is 0.684. The Hall–Kier alpha value is -2.05. The Morgan fingerprint density at radius 3 is 2.50 bits per heavy atom. The SMILES string of the molecule is CNc1nc(N2CCC(F)CC2)c(C(=O)NC2CCC(C)CC2)cc1N. The lowest BCUT2D eigenvalue weighted by molar-refractivity contribution is 0.0923.